The van der Waals surface area contributed by atoms with E-state index in [0.29, 0.717) is 6.54 Å². The number of hydrogen-bond acceptors (Lipinski definition) is 2. The Labute approximate surface area is 90.7 Å². The second-order valence-corrected chi connectivity index (χ2v) is 4.39. The summed E-state index contributed by atoms with van der Waals surface area (Å²) in [6.07, 6.45) is 4.43. The van der Waals surface area contributed by atoms with E-state index in [-0.39, 0.29) is 11.4 Å². The van der Waals surface area contributed by atoms with Crippen LogP contribution in [0.3, 0.4) is 0 Å². The maximum absolute atomic E-state index is 11.7. The lowest BCUT2D eigenvalue weighted by atomic mass is 10.0. The van der Waals surface area contributed by atoms with Crippen molar-refractivity contribution < 1.29 is 4.79 Å². The fraction of sp³-hybridized carbons (Fsp3) is 0.636. The van der Waals surface area contributed by atoms with E-state index < -0.39 is 0 Å². The molecule has 0 aromatic carbocycles. The van der Waals surface area contributed by atoms with E-state index in [2.05, 4.69) is 17.2 Å². The summed E-state index contributed by atoms with van der Waals surface area (Å²) in [6.45, 7) is 8.33. The third-order valence-electron chi connectivity index (χ3n) is 2.60. The number of hydrogen-bond donors (Lipinski definition) is 1. The van der Waals surface area contributed by atoms with Crippen LogP contribution in [0.4, 0.5) is 0 Å². The third kappa shape index (κ3) is 3.38. The van der Waals surface area contributed by atoms with Gasteiger partial charge < -0.3 is 9.88 Å². The van der Waals surface area contributed by atoms with Crippen molar-refractivity contribution in [3.05, 3.63) is 18.2 Å². The van der Waals surface area contributed by atoms with Gasteiger partial charge in [0.2, 0.25) is 5.91 Å². The maximum atomic E-state index is 11.7. The van der Waals surface area contributed by atoms with Crippen LogP contribution >= 0.6 is 0 Å². The molecular weight excluding hydrogens is 190 g/mol. The summed E-state index contributed by atoms with van der Waals surface area (Å²) in [6, 6.07) is 0. The van der Waals surface area contributed by atoms with Gasteiger partial charge in [0.1, 0.15) is 12.4 Å². The molecule has 1 heterocycles. The number of carbonyl (C=O) groups is 1. The van der Waals surface area contributed by atoms with Crippen molar-refractivity contribution in [2.75, 3.05) is 0 Å². The second kappa shape index (κ2) is 4.47. The van der Waals surface area contributed by atoms with Crippen LogP contribution in [0.2, 0.25) is 0 Å². The Bertz CT molecular complexity index is 341. The Morgan fingerprint density at radius 2 is 2.27 bits per heavy atom. The number of rotatable bonds is 4. The van der Waals surface area contributed by atoms with Crippen LogP contribution in [-0.2, 0) is 11.3 Å². The fourth-order valence-corrected chi connectivity index (χ4v) is 1.23. The predicted octanol–water partition coefficient (Wildman–Crippen LogP) is 1.50. The maximum Gasteiger partial charge on any atom is 0.240 e. The molecule has 15 heavy (non-hydrogen) atoms. The van der Waals surface area contributed by atoms with Gasteiger partial charge in [-0.3, -0.25) is 4.79 Å². The molecule has 0 radical (unpaired) electrons. The topological polar surface area (TPSA) is 46.9 Å². The Kier molecular flexibility index (Phi) is 3.50. The summed E-state index contributed by atoms with van der Waals surface area (Å²) >= 11 is 0. The van der Waals surface area contributed by atoms with Crippen LogP contribution in [0, 0.1) is 6.92 Å². The first kappa shape index (κ1) is 11.8. The quantitative estimate of drug-likeness (QED) is 0.816. The summed E-state index contributed by atoms with van der Waals surface area (Å²) in [7, 11) is 0. The molecule has 1 amide bonds. The van der Waals surface area contributed by atoms with E-state index in [4.69, 9.17) is 0 Å². The van der Waals surface area contributed by atoms with Crippen LogP contribution in [0.5, 0.6) is 0 Å². The Morgan fingerprint density at radius 1 is 1.60 bits per heavy atom. The van der Waals surface area contributed by atoms with Crippen molar-refractivity contribution in [3.63, 3.8) is 0 Å². The van der Waals surface area contributed by atoms with Gasteiger partial charge in [-0.05, 0) is 27.2 Å². The molecule has 1 rings (SSSR count). The lowest BCUT2D eigenvalue weighted by Gasteiger charge is -2.24. The van der Waals surface area contributed by atoms with Gasteiger partial charge in [0.15, 0.2) is 0 Å². The summed E-state index contributed by atoms with van der Waals surface area (Å²) < 4.78 is 1.83. The molecule has 1 aromatic rings. The molecule has 1 aromatic heterocycles. The highest BCUT2D eigenvalue weighted by Gasteiger charge is 2.17. The number of nitrogens with one attached hydrogen (secondary N) is 1. The third-order valence-corrected chi connectivity index (χ3v) is 2.60. The van der Waals surface area contributed by atoms with Gasteiger partial charge in [0.25, 0.3) is 0 Å². The number of imidazole rings is 1. The number of carbonyl (C=O) groups excluding carboxylic acids is 1. The van der Waals surface area contributed by atoms with Crippen molar-refractivity contribution in [1.82, 2.24) is 14.9 Å². The average molecular weight is 209 g/mol. The molecule has 0 bridgehead atoms. The normalized spacial score (nSPS) is 11.5. The van der Waals surface area contributed by atoms with Crippen LogP contribution < -0.4 is 5.32 Å². The average Bonchev–Trinajstić information content (AvgIpc) is 2.51. The van der Waals surface area contributed by atoms with Crippen LogP contribution in [0.25, 0.3) is 0 Å². The molecule has 0 aliphatic heterocycles. The highest BCUT2D eigenvalue weighted by atomic mass is 16.2. The van der Waals surface area contributed by atoms with E-state index in [1.54, 1.807) is 6.20 Å². The molecular formula is C11H19N3O. The van der Waals surface area contributed by atoms with Crippen molar-refractivity contribution in [2.24, 2.45) is 0 Å². The van der Waals surface area contributed by atoms with Gasteiger partial charge in [0, 0.05) is 17.9 Å². The zero-order valence-corrected chi connectivity index (χ0v) is 9.87. The van der Waals surface area contributed by atoms with E-state index in [0.717, 1.165) is 12.2 Å². The Hall–Kier alpha value is -1.32. The van der Waals surface area contributed by atoms with Gasteiger partial charge in [-0.25, -0.2) is 4.98 Å². The molecule has 0 spiro atoms. The molecule has 0 fully saturated rings. The molecule has 0 saturated carbocycles. The molecule has 1 N–H and O–H groups in total. The van der Waals surface area contributed by atoms with Crippen LogP contribution in [-0.4, -0.2) is 21.0 Å². The zero-order valence-electron chi connectivity index (χ0n) is 9.87. The monoisotopic (exact) mass is 209 g/mol. The summed E-state index contributed by atoms with van der Waals surface area (Å²) in [4.78, 5) is 15.7. The van der Waals surface area contributed by atoms with Crippen molar-refractivity contribution in [1.29, 1.82) is 0 Å². The smallest absolute Gasteiger partial charge is 0.240 e. The first-order valence-electron chi connectivity index (χ1n) is 5.23. The van der Waals surface area contributed by atoms with E-state index in [1.165, 1.54) is 0 Å². The summed E-state index contributed by atoms with van der Waals surface area (Å²) in [5.41, 5.74) is -0.133. The molecule has 0 aliphatic rings. The number of aromatic nitrogens is 2. The highest BCUT2D eigenvalue weighted by Crippen LogP contribution is 2.06. The molecule has 84 valence electrons. The first-order valence-corrected chi connectivity index (χ1v) is 5.23. The van der Waals surface area contributed by atoms with Gasteiger partial charge in [0.05, 0.1) is 0 Å². The highest BCUT2D eigenvalue weighted by molar-refractivity contribution is 5.76. The van der Waals surface area contributed by atoms with Gasteiger partial charge in [-0.15, -0.1) is 0 Å². The number of aryl methyl sites for hydroxylation is 1. The van der Waals surface area contributed by atoms with E-state index in [1.807, 2.05) is 31.5 Å². The van der Waals surface area contributed by atoms with Crippen molar-refractivity contribution >= 4 is 5.91 Å². The fourth-order valence-electron chi connectivity index (χ4n) is 1.23. The predicted molar refractivity (Wildman–Crippen MR) is 59.5 cm³/mol. The SMILES string of the molecule is CCC(C)(C)NC(=O)Cn1ccnc1C. The van der Waals surface area contributed by atoms with Crippen LogP contribution in [0.1, 0.15) is 33.0 Å². The molecule has 4 heteroatoms. The number of amides is 1. The minimum atomic E-state index is -0.133. The molecule has 0 atom stereocenters. The number of nitrogens with zero attached hydrogens (tertiary/aromatic N) is 2. The van der Waals surface area contributed by atoms with E-state index >= 15 is 0 Å². The zero-order chi connectivity index (χ0) is 11.5. The lowest BCUT2D eigenvalue weighted by Crippen LogP contribution is -2.44. The summed E-state index contributed by atoms with van der Waals surface area (Å²) in [5, 5.41) is 2.98. The first-order chi connectivity index (χ1) is 6.94. The lowest BCUT2D eigenvalue weighted by molar-refractivity contribution is -0.123. The standard InChI is InChI=1S/C11H19N3O/c1-5-11(3,4)13-10(15)8-14-7-6-12-9(14)2/h6-7H,5,8H2,1-4H3,(H,13,15). The molecule has 0 saturated heterocycles. The van der Waals surface area contributed by atoms with Crippen molar-refractivity contribution in [2.45, 2.75) is 46.2 Å². The second-order valence-electron chi connectivity index (χ2n) is 4.39. The van der Waals surface area contributed by atoms with Crippen LogP contribution in [0.15, 0.2) is 12.4 Å². The molecule has 0 unspecified atom stereocenters. The van der Waals surface area contributed by atoms with Gasteiger partial charge >= 0.3 is 0 Å². The largest absolute Gasteiger partial charge is 0.350 e. The Morgan fingerprint density at radius 3 is 2.73 bits per heavy atom. The van der Waals surface area contributed by atoms with Gasteiger partial charge in [-0.1, -0.05) is 6.92 Å². The molecule has 0 aliphatic carbocycles. The minimum absolute atomic E-state index is 0.0305. The van der Waals surface area contributed by atoms with Gasteiger partial charge in [-0.2, -0.15) is 0 Å². The Balaban J connectivity index is 2.54. The summed E-state index contributed by atoms with van der Waals surface area (Å²) in [5.74, 6) is 0.891. The van der Waals surface area contributed by atoms with E-state index in [9.17, 15) is 4.79 Å². The molecule has 4 nitrogen and oxygen atoms in total. The van der Waals surface area contributed by atoms with Crippen molar-refractivity contribution in [3.8, 4) is 0 Å². The minimum Gasteiger partial charge on any atom is -0.350 e.